The Morgan fingerprint density at radius 3 is 2.54 bits per heavy atom. The van der Waals surface area contributed by atoms with E-state index in [0.717, 1.165) is 5.56 Å². The molecule has 0 saturated carbocycles. The van der Waals surface area contributed by atoms with Crippen LogP contribution in [-0.4, -0.2) is 15.3 Å². The maximum Gasteiger partial charge on any atom is 0.229 e. The molecule has 4 rings (SSSR count). The summed E-state index contributed by atoms with van der Waals surface area (Å²) in [5.41, 5.74) is 2.91. The van der Waals surface area contributed by atoms with Crippen LogP contribution in [0, 0.1) is 18.6 Å². The molecule has 4 nitrogen and oxygen atoms in total. The van der Waals surface area contributed by atoms with Gasteiger partial charge in [-0.15, -0.1) is 0 Å². The molecule has 1 N–H and O–H groups in total. The van der Waals surface area contributed by atoms with Gasteiger partial charge in [-0.3, -0.25) is 9.20 Å². The maximum atomic E-state index is 14.4. The Hall–Kier alpha value is -3.54. The molecule has 0 spiro atoms. The number of imidazole rings is 1. The molecule has 2 aromatic heterocycles. The summed E-state index contributed by atoms with van der Waals surface area (Å²) in [6.07, 6.45) is 1.90. The molecule has 0 aliphatic carbocycles. The van der Waals surface area contributed by atoms with Crippen molar-refractivity contribution in [2.75, 3.05) is 5.32 Å². The van der Waals surface area contributed by atoms with Crippen LogP contribution >= 0.6 is 0 Å². The number of pyridine rings is 1. The second-order valence-corrected chi connectivity index (χ2v) is 6.57. The minimum Gasteiger partial charge on any atom is -0.310 e. The number of fused-ring (bicyclic) bond motifs is 1. The van der Waals surface area contributed by atoms with Gasteiger partial charge in [0.15, 0.2) is 0 Å². The van der Waals surface area contributed by atoms with Crippen molar-refractivity contribution in [3.63, 3.8) is 0 Å². The van der Waals surface area contributed by atoms with Gasteiger partial charge in [-0.1, -0.05) is 30.3 Å². The minimum absolute atomic E-state index is 0.0655. The number of hydrogen-bond acceptors (Lipinski definition) is 2. The molecule has 28 heavy (non-hydrogen) atoms. The zero-order valence-corrected chi connectivity index (χ0v) is 15.1. The first kappa shape index (κ1) is 17.9. The van der Waals surface area contributed by atoms with Crippen molar-refractivity contribution in [2.24, 2.45) is 0 Å². The molecule has 0 atom stereocenters. The van der Waals surface area contributed by atoms with E-state index in [2.05, 4.69) is 10.3 Å². The molecular weight excluding hydrogens is 360 g/mol. The van der Waals surface area contributed by atoms with Crippen molar-refractivity contribution in [3.8, 4) is 11.3 Å². The van der Waals surface area contributed by atoms with Crippen molar-refractivity contribution < 1.29 is 13.6 Å². The summed E-state index contributed by atoms with van der Waals surface area (Å²) < 4.78 is 29.2. The van der Waals surface area contributed by atoms with Crippen molar-refractivity contribution in [1.82, 2.24) is 9.38 Å². The summed E-state index contributed by atoms with van der Waals surface area (Å²) >= 11 is 0. The summed E-state index contributed by atoms with van der Waals surface area (Å²) in [4.78, 5) is 17.1. The van der Waals surface area contributed by atoms with Gasteiger partial charge < -0.3 is 5.32 Å². The number of anilines is 1. The van der Waals surface area contributed by atoms with Gasteiger partial charge in [-0.05, 0) is 48.4 Å². The Kier molecular flexibility index (Phi) is 4.61. The summed E-state index contributed by atoms with van der Waals surface area (Å²) in [7, 11) is 0. The van der Waals surface area contributed by atoms with E-state index in [4.69, 9.17) is 0 Å². The van der Waals surface area contributed by atoms with Gasteiger partial charge in [0.05, 0.1) is 6.42 Å². The molecule has 4 aromatic rings. The predicted molar refractivity (Wildman–Crippen MR) is 104 cm³/mol. The van der Waals surface area contributed by atoms with Crippen LogP contribution in [0.4, 0.5) is 14.6 Å². The van der Waals surface area contributed by atoms with Gasteiger partial charge in [0.1, 0.15) is 28.8 Å². The van der Waals surface area contributed by atoms with Gasteiger partial charge in [0, 0.05) is 11.8 Å². The van der Waals surface area contributed by atoms with Crippen LogP contribution in [0.1, 0.15) is 11.1 Å². The Balaban J connectivity index is 1.75. The third-order valence-corrected chi connectivity index (χ3v) is 4.43. The number of carbonyl (C=O) groups excluding carboxylic acids is 1. The van der Waals surface area contributed by atoms with Crippen molar-refractivity contribution in [2.45, 2.75) is 13.3 Å². The highest BCUT2D eigenvalue weighted by Crippen LogP contribution is 2.31. The first-order valence-electron chi connectivity index (χ1n) is 8.79. The topological polar surface area (TPSA) is 46.4 Å². The molecule has 0 saturated heterocycles. The molecule has 0 aliphatic rings. The van der Waals surface area contributed by atoms with Gasteiger partial charge >= 0.3 is 0 Å². The van der Waals surface area contributed by atoms with Crippen molar-refractivity contribution in [1.29, 1.82) is 0 Å². The van der Waals surface area contributed by atoms with Crippen LogP contribution in [0.15, 0.2) is 66.9 Å². The van der Waals surface area contributed by atoms with Crippen LogP contribution in [0.5, 0.6) is 0 Å². The van der Waals surface area contributed by atoms with E-state index in [1.807, 2.05) is 25.3 Å². The molecule has 0 fully saturated rings. The Morgan fingerprint density at radius 1 is 1.04 bits per heavy atom. The van der Waals surface area contributed by atoms with Crippen molar-refractivity contribution in [3.05, 3.63) is 89.6 Å². The first-order chi connectivity index (χ1) is 13.5. The normalized spacial score (nSPS) is 11.0. The molecule has 2 aromatic carbocycles. The number of nitrogens with zero attached hydrogens (tertiary/aromatic N) is 2. The Bertz CT molecular complexity index is 1170. The molecule has 0 aliphatic heterocycles. The summed E-state index contributed by atoms with van der Waals surface area (Å²) in [5.74, 6) is -0.677. The van der Waals surface area contributed by atoms with E-state index in [1.54, 1.807) is 34.7 Å². The molecule has 140 valence electrons. The van der Waals surface area contributed by atoms with E-state index in [1.165, 1.54) is 18.2 Å². The summed E-state index contributed by atoms with van der Waals surface area (Å²) in [6, 6.07) is 15.8. The number of carbonyl (C=O) groups is 1. The van der Waals surface area contributed by atoms with Crippen LogP contribution < -0.4 is 5.32 Å². The number of amides is 1. The highest BCUT2D eigenvalue weighted by molar-refractivity contribution is 5.95. The highest BCUT2D eigenvalue weighted by atomic mass is 19.1. The highest BCUT2D eigenvalue weighted by Gasteiger charge is 2.19. The standard InChI is InChI=1S/C22H17F2N3O/c1-14-6-11-19-25-21(17-4-2-3-5-18(17)24)22(27(19)13-14)26-20(28)12-15-7-9-16(23)10-8-15/h2-11,13H,12H2,1H3,(H,26,28). The zero-order chi connectivity index (χ0) is 19.7. The van der Waals surface area contributed by atoms with E-state index >= 15 is 0 Å². The smallest absolute Gasteiger partial charge is 0.229 e. The average molecular weight is 377 g/mol. The molecule has 1 amide bonds. The molecular formula is C22H17F2N3O. The van der Waals surface area contributed by atoms with Gasteiger partial charge in [-0.2, -0.15) is 0 Å². The van der Waals surface area contributed by atoms with E-state index in [0.29, 0.717) is 28.3 Å². The summed E-state index contributed by atoms with van der Waals surface area (Å²) in [6.45, 7) is 1.92. The summed E-state index contributed by atoms with van der Waals surface area (Å²) in [5, 5.41) is 2.85. The van der Waals surface area contributed by atoms with Gasteiger partial charge in [-0.25, -0.2) is 13.8 Å². The maximum absolute atomic E-state index is 14.4. The third kappa shape index (κ3) is 3.49. The lowest BCUT2D eigenvalue weighted by molar-refractivity contribution is -0.115. The minimum atomic E-state index is -0.420. The van der Waals surface area contributed by atoms with Gasteiger partial charge in [0.25, 0.3) is 0 Å². The number of benzene rings is 2. The van der Waals surface area contributed by atoms with Crippen LogP contribution in [0.3, 0.4) is 0 Å². The second kappa shape index (κ2) is 7.23. The number of aromatic nitrogens is 2. The monoisotopic (exact) mass is 377 g/mol. The van der Waals surface area contributed by atoms with Gasteiger partial charge in [0.2, 0.25) is 5.91 Å². The number of aryl methyl sites for hydroxylation is 1. The molecule has 0 radical (unpaired) electrons. The zero-order valence-electron chi connectivity index (χ0n) is 15.1. The van der Waals surface area contributed by atoms with E-state index in [9.17, 15) is 13.6 Å². The fourth-order valence-corrected chi connectivity index (χ4v) is 3.08. The lowest BCUT2D eigenvalue weighted by Crippen LogP contribution is -2.16. The number of nitrogens with one attached hydrogen (secondary N) is 1. The number of rotatable bonds is 4. The van der Waals surface area contributed by atoms with Crippen LogP contribution in [0.25, 0.3) is 16.9 Å². The molecule has 0 unspecified atom stereocenters. The lowest BCUT2D eigenvalue weighted by Gasteiger charge is -2.09. The van der Waals surface area contributed by atoms with Crippen molar-refractivity contribution >= 4 is 17.4 Å². The largest absolute Gasteiger partial charge is 0.310 e. The average Bonchev–Trinajstić information content (AvgIpc) is 3.01. The fourth-order valence-electron chi connectivity index (χ4n) is 3.08. The predicted octanol–water partition coefficient (Wildman–Crippen LogP) is 4.77. The Labute approximate surface area is 160 Å². The first-order valence-corrected chi connectivity index (χ1v) is 8.79. The fraction of sp³-hybridized carbons (Fsp3) is 0.0909. The number of halogens is 2. The molecule has 0 bridgehead atoms. The molecule has 2 heterocycles. The van der Waals surface area contributed by atoms with E-state index in [-0.39, 0.29) is 18.1 Å². The quantitative estimate of drug-likeness (QED) is 0.557. The van der Waals surface area contributed by atoms with E-state index < -0.39 is 5.82 Å². The Morgan fingerprint density at radius 2 is 1.79 bits per heavy atom. The molecule has 6 heteroatoms. The third-order valence-electron chi connectivity index (χ3n) is 4.43. The van der Waals surface area contributed by atoms with Crippen LogP contribution in [0.2, 0.25) is 0 Å². The second-order valence-electron chi connectivity index (χ2n) is 6.57. The lowest BCUT2D eigenvalue weighted by atomic mass is 10.1. The SMILES string of the molecule is Cc1ccc2nc(-c3ccccc3F)c(NC(=O)Cc3ccc(F)cc3)n2c1. The number of hydrogen-bond donors (Lipinski definition) is 1. The van der Waals surface area contributed by atoms with Crippen LogP contribution in [-0.2, 0) is 11.2 Å².